The summed E-state index contributed by atoms with van der Waals surface area (Å²) in [6.45, 7) is 9.95. The second-order valence-corrected chi connectivity index (χ2v) is 6.19. The van der Waals surface area contributed by atoms with Crippen LogP contribution >= 0.6 is 11.3 Å². The van der Waals surface area contributed by atoms with E-state index in [1.54, 1.807) is 0 Å². The third-order valence-electron chi connectivity index (χ3n) is 3.33. The van der Waals surface area contributed by atoms with E-state index in [0.717, 1.165) is 6.54 Å². The third kappa shape index (κ3) is 2.24. The monoisotopic (exact) mass is 247 g/mol. The first-order chi connectivity index (χ1) is 8.04. The van der Waals surface area contributed by atoms with E-state index in [9.17, 15) is 0 Å². The van der Waals surface area contributed by atoms with Crippen LogP contribution < -0.4 is 5.32 Å². The molecule has 0 fully saturated rings. The van der Waals surface area contributed by atoms with Crippen molar-refractivity contribution in [3.05, 3.63) is 33.7 Å². The van der Waals surface area contributed by atoms with Crippen molar-refractivity contribution in [1.82, 2.24) is 5.32 Å². The Balaban J connectivity index is 2.71. The van der Waals surface area contributed by atoms with Crippen molar-refractivity contribution in [1.29, 1.82) is 0 Å². The Kier molecular flexibility index (Phi) is 3.55. The molecule has 0 unspecified atom stereocenters. The van der Waals surface area contributed by atoms with Crippen LogP contribution in [-0.2, 0) is 6.54 Å². The molecule has 0 atom stereocenters. The van der Waals surface area contributed by atoms with E-state index in [1.165, 1.54) is 31.7 Å². The Morgan fingerprint density at radius 2 is 1.82 bits per heavy atom. The average Bonchev–Trinajstić information content (AvgIpc) is 2.57. The van der Waals surface area contributed by atoms with Gasteiger partial charge in [0.15, 0.2) is 0 Å². The van der Waals surface area contributed by atoms with Gasteiger partial charge >= 0.3 is 0 Å². The molecule has 0 radical (unpaired) electrons. The highest BCUT2D eigenvalue weighted by Gasteiger charge is 2.15. The molecular formula is C15H21NS. The number of rotatable bonds is 3. The summed E-state index contributed by atoms with van der Waals surface area (Å²) < 4.78 is 1.43. The van der Waals surface area contributed by atoms with Crippen molar-refractivity contribution in [2.24, 2.45) is 0 Å². The molecule has 2 rings (SSSR count). The molecule has 1 heterocycles. The molecule has 0 aliphatic rings. The van der Waals surface area contributed by atoms with E-state index in [1.807, 2.05) is 18.4 Å². The zero-order valence-corrected chi connectivity index (χ0v) is 12.2. The van der Waals surface area contributed by atoms with E-state index >= 15 is 0 Å². The van der Waals surface area contributed by atoms with Gasteiger partial charge in [-0.25, -0.2) is 0 Å². The van der Waals surface area contributed by atoms with E-state index < -0.39 is 0 Å². The average molecular weight is 247 g/mol. The minimum atomic E-state index is 0.592. The van der Waals surface area contributed by atoms with Crippen molar-refractivity contribution in [3.63, 3.8) is 0 Å². The molecule has 92 valence electrons. The predicted molar refractivity (Wildman–Crippen MR) is 78.2 cm³/mol. The van der Waals surface area contributed by atoms with Gasteiger partial charge in [-0.1, -0.05) is 19.9 Å². The van der Waals surface area contributed by atoms with Gasteiger partial charge < -0.3 is 5.32 Å². The molecule has 17 heavy (non-hydrogen) atoms. The van der Waals surface area contributed by atoms with E-state index in [0.29, 0.717) is 5.92 Å². The quantitative estimate of drug-likeness (QED) is 0.849. The Labute approximate surface area is 108 Å². The standard InChI is InChI=1S/C15H21NS/c1-9(2)15-12-6-10(3)11(4)7-13(12)17-14(15)8-16-5/h6-7,9,16H,8H2,1-5H3. The lowest BCUT2D eigenvalue weighted by Gasteiger charge is -2.08. The van der Waals surface area contributed by atoms with Crippen molar-refractivity contribution >= 4 is 21.4 Å². The molecule has 0 bridgehead atoms. The Morgan fingerprint density at radius 3 is 2.41 bits per heavy atom. The van der Waals surface area contributed by atoms with Gasteiger partial charge in [-0.05, 0) is 55.0 Å². The van der Waals surface area contributed by atoms with Crippen LogP contribution in [-0.4, -0.2) is 7.05 Å². The molecule has 0 aliphatic heterocycles. The molecule has 1 N–H and O–H groups in total. The van der Waals surface area contributed by atoms with E-state index in [2.05, 4.69) is 45.1 Å². The maximum absolute atomic E-state index is 3.28. The summed E-state index contributed by atoms with van der Waals surface area (Å²) in [5.41, 5.74) is 4.32. The Hall–Kier alpha value is -0.860. The highest BCUT2D eigenvalue weighted by Crippen LogP contribution is 2.37. The zero-order valence-electron chi connectivity index (χ0n) is 11.3. The summed E-state index contributed by atoms with van der Waals surface area (Å²) in [6.07, 6.45) is 0. The van der Waals surface area contributed by atoms with Gasteiger partial charge in [-0.2, -0.15) is 0 Å². The lowest BCUT2D eigenvalue weighted by molar-refractivity contribution is 0.795. The van der Waals surface area contributed by atoms with Crippen LogP contribution in [0.5, 0.6) is 0 Å². The molecule has 0 amide bonds. The first-order valence-corrected chi connectivity index (χ1v) is 7.03. The van der Waals surface area contributed by atoms with Crippen molar-refractivity contribution in [2.45, 2.75) is 40.2 Å². The molecule has 0 aliphatic carbocycles. The first kappa shape index (κ1) is 12.6. The molecule has 1 nitrogen and oxygen atoms in total. The van der Waals surface area contributed by atoms with Gasteiger partial charge in [-0.3, -0.25) is 0 Å². The minimum Gasteiger partial charge on any atom is -0.315 e. The topological polar surface area (TPSA) is 12.0 Å². The number of benzene rings is 1. The van der Waals surface area contributed by atoms with Crippen LogP contribution in [0.2, 0.25) is 0 Å². The Morgan fingerprint density at radius 1 is 1.18 bits per heavy atom. The van der Waals surface area contributed by atoms with Crippen molar-refractivity contribution in [2.75, 3.05) is 7.05 Å². The number of hydrogen-bond donors (Lipinski definition) is 1. The number of thiophene rings is 1. The van der Waals surface area contributed by atoms with E-state index in [4.69, 9.17) is 0 Å². The molecule has 0 saturated heterocycles. The summed E-state index contributed by atoms with van der Waals surface area (Å²) in [5, 5.41) is 4.74. The maximum atomic E-state index is 3.28. The van der Waals surface area contributed by atoms with Gasteiger partial charge in [-0.15, -0.1) is 11.3 Å². The second-order valence-electron chi connectivity index (χ2n) is 5.06. The summed E-state index contributed by atoms with van der Waals surface area (Å²) >= 11 is 1.94. The summed E-state index contributed by atoms with van der Waals surface area (Å²) in [5.74, 6) is 0.592. The van der Waals surface area contributed by atoms with Crippen molar-refractivity contribution in [3.8, 4) is 0 Å². The van der Waals surface area contributed by atoms with Crippen LogP contribution in [0.3, 0.4) is 0 Å². The van der Waals surface area contributed by atoms with Gasteiger partial charge in [0.1, 0.15) is 0 Å². The summed E-state index contributed by atoms with van der Waals surface area (Å²) in [7, 11) is 2.02. The third-order valence-corrected chi connectivity index (χ3v) is 4.50. The number of nitrogens with one attached hydrogen (secondary N) is 1. The van der Waals surface area contributed by atoms with Crippen LogP contribution in [0.1, 0.15) is 41.3 Å². The normalized spacial score (nSPS) is 11.6. The SMILES string of the molecule is CNCc1sc2cc(C)c(C)cc2c1C(C)C. The first-order valence-electron chi connectivity index (χ1n) is 6.21. The fraction of sp³-hybridized carbons (Fsp3) is 0.467. The second kappa shape index (κ2) is 4.79. The van der Waals surface area contributed by atoms with Gasteiger partial charge in [0.05, 0.1) is 0 Å². The number of aryl methyl sites for hydroxylation is 2. The number of hydrogen-bond acceptors (Lipinski definition) is 2. The van der Waals surface area contributed by atoms with Crippen LogP contribution in [0.25, 0.3) is 10.1 Å². The fourth-order valence-electron chi connectivity index (χ4n) is 2.35. The molecule has 0 spiro atoms. The van der Waals surface area contributed by atoms with E-state index in [-0.39, 0.29) is 0 Å². The summed E-state index contributed by atoms with van der Waals surface area (Å²) in [6, 6.07) is 4.69. The van der Waals surface area contributed by atoms with Gasteiger partial charge in [0, 0.05) is 16.1 Å². The van der Waals surface area contributed by atoms with Crippen molar-refractivity contribution < 1.29 is 0 Å². The Bertz CT molecular complexity index is 537. The van der Waals surface area contributed by atoms with Crippen LogP contribution in [0.15, 0.2) is 12.1 Å². The molecule has 2 aromatic rings. The van der Waals surface area contributed by atoms with Crippen LogP contribution in [0.4, 0.5) is 0 Å². The highest BCUT2D eigenvalue weighted by molar-refractivity contribution is 7.19. The molecule has 2 heteroatoms. The predicted octanol–water partition coefficient (Wildman–Crippen LogP) is 4.36. The molecule has 0 saturated carbocycles. The molecular weight excluding hydrogens is 226 g/mol. The van der Waals surface area contributed by atoms with Gasteiger partial charge in [0.25, 0.3) is 0 Å². The van der Waals surface area contributed by atoms with Gasteiger partial charge in [0.2, 0.25) is 0 Å². The number of fused-ring (bicyclic) bond motifs is 1. The lowest BCUT2D eigenvalue weighted by atomic mass is 9.97. The lowest BCUT2D eigenvalue weighted by Crippen LogP contribution is -2.05. The smallest absolute Gasteiger partial charge is 0.0351 e. The maximum Gasteiger partial charge on any atom is 0.0351 e. The molecule has 1 aromatic heterocycles. The highest BCUT2D eigenvalue weighted by atomic mass is 32.1. The summed E-state index contributed by atoms with van der Waals surface area (Å²) in [4.78, 5) is 1.49. The largest absolute Gasteiger partial charge is 0.315 e. The molecule has 1 aromatic carbocycles. The zero-order chi connectivity index (χ0) is 12.6. The van der Waals surface area contributed by atoms with Crippen LogP contribution in [0, 0.1) is 13.8 Å². The fourth-order valence-corrected chi connectivity index (χ4v) is 3.80. The minimum absolute atomic E-state index is 0.592.